The first-order valence-electron chi connectivity index (χ1n) is 6.78. The van der Waals surface area contributed by atoms with Crippen molar-refractivity contribution in [3.05, 3.63) is 28.8 Å². The minimum atomic E-state index is -0.133. The van der Waals surface area contributed by atoms with Gasteiger partial charge in [-0.15, -0.1) is 0 Å². The van der Waals surface area contributed by atoms with E-state index in [1.54, 1.807) is 11.0 Å². The Bertz CT molecular complexity index is 475. The van der Waals surface area contributed by atoms with Crippen molar-refractivity contribution in [1.82, 2.24) is 4.90 Å². The molecule has 1 aromatic rings. The number of carbonyl (C=O) groups is 1. The van der Waals surface area contributed by atoms with E-state index in [9.17, 15) is 9.90 Å². The average Bonchev–Trinajstić information content (AvgIpc) is 2.40. The van der Waals surface area contributed by atoms with Gasteiger partial charge in [0.15, 0.2) is 0 Å². The molecule has 0 radical (unpaired) electrons. The fourth-order valence-electron chi connectivity index (χ4n) is 1.93. The maximum atomic E-state index is 12.5. The van der Waals surface area contributed by atoms with Gasteiger partial charge in [0.2, 0.25) is 0 Å². The Balaban J connectivity index is 2.96. The summed E-state index contributed by atoms with van der Waals surface area (Å²) in [6.07, 6.45) is 0.873. The lowest BCUT2D eigenvalue weighted by molar-refractivity contribution is 0.0689. The summed E-state index contributed by atoms with van der Waals surface area (Å²) in [6.45, 7) is 7.87. The molecule has 0 atom stereocenters. The fourth-order valence-corrected chi connectivity index (χ4v) is 2.11. The number of hydrogen-bond acceptors (Lipinski definition) is 3. The van der Waals surface area contributed by atoms with Gasteiger partial charge in [-0.3, -0.25) is 4.79 Å². The Morgan fingerprint density at radius 3 is 2.60 bits per heavy atom. The first-order chi connectivity index (χ1) is 9.30. The molecule has 0 aliphatic heterocycles. The molecule has 0 aromatic heterocycles. The van der Waals surface area contributed by atoms with E-state index in [0.29, 0.717) is 25.2 Å². The number of phenolic OH excluding ortho intramolecular Hbond substituents is 1. The van der Waals surface area contributed by atoms with E-state index in [1.165, 1.54) is 12.1 Å². The smallest absolute Gasteiger partial charge is 0.253 e. The highest BCUT2D eigenvalue weighted by molar-refractivity contribution is 6.32. The molecule has 20 heavy (non-hydrogen) atoms. The quantitative estimate of drug-likeness (QED) is 0.848. The molecule has 0 aliphatic rings. The maximum Gasteiger partial charge on any atom is 0.253 e. The molecule has 0 saturated heterocycles. The van der Waals surface area contributed by atoms with E-state index in [4.69, 9.17) is 17.3 Å². The summed E-state index contributed by atoms with van der Waals surface area (Å²) in [4.78, 5) is 14.3. The van der Waals surface area contributed by atoms with Crippen LogP contribution in [0.2, 0.25) is 5.02 Å². The molecular weight excluding hydrogens is 276 g/mol. The number of rotatable bonds is 6. The second-order valence-corrected chi connectivity index (χ2v) is 6.17. The number of aromatic hydroxyl groups is 1. The van der Waals surface area contributed by atoms with Gasteiger partial charge >= 0.3 is 0 Å². The summed E-state index contributed by atoms with van der Waals surface area (Å²) in [7, 11) is 0. The lowest BCUT2D eigenvalue weighted by Crippen LogP contribution is -2.42. The molecule has 112 valence electrons. The average molecular weight is 299 g/mol. The van der Waals surface area contributed by atoms with Crippen LogP contribution in [0, 0.1) is 5.41 Å². The van der Waals surface area contributed by atoms with Crippen LogP contribution in [0.15, 0.2) is 18.2 Å². The first-order valence-corrected chi connectivity index (χ1v) is 7.16. The summed E-state index contributed by atoms with van der Waals surface area (Å²) in [5.74, 6) is -0.108. The monoisotopic (exact) mass is 298 g/mol. The van der Waals surface area contributed by atoms with E-state index in [2.05, 4.69) is 0 Å². The molecule has 0 fully saturated rings. The summed E-state index contributed by atoms with van der Waals surface area (Å²) in [6, 6.07) is 4.52. The van der Waals surface area contributed by atoms with E-state index in [-0.39, 0.29) is 22.1 Å². The van der Waals surface area contributed by atoms with Gasteiger partial charge in [0.1, 0.15) is 5.75 Å². The van der Waals surface area contributed by atoms with Crippen molar-refractivity contribution < 1.29 is 9.90 Å². The Hall–Kier alpha value is -1.26. The van der Waals surface area contributed by atoms with E-state index in [1.807, 2.05) is 20.8 Å². The number of carbonyl (C=O) groups excluding carboxylic acids is 1. The minimum absolute atomic E-state index is 0.0208. The minimum Gasteiger partial charge on any atom is -0.506 e. The topological polar surface area (TPSA) is 66.6 Å². The fraction of sp³-hybridized carbons (Fsp3) is 0.533. The molecule has 4 nitrogen and oxygen atoms in total. The van der Waals surface area contributed by atoms with E-state index >= 15 is 0 Å². The van der Waals surface area contributed by atoms with Gasteiger partial charge in [0.05, 0.1) is 5.02 Å². The van der Waals surface area contributed by atoms with Crippen molar-refractivity contribution in [2.24, 2.45) is 11.1 Å². The zero-order valence-corrected chi connectivity index (χ0v) is 13.1. The summed E-state index contributed by atoms with van der Waals surface area (Å²) >= 11 is 5.86. The predicted octanol–water partition coefficient (Wildman–Crippen LogP) is 2.88. The molecule has 5 heteroatoms. The molecule has 0 saturated carbocycles. The van der Waals surface area contributed by atoms with Crippen molar-refractivity contribution in [3.8, 4) is 5.75 Å². The third-order valence-corrected chi connectivity index (χ3v) is 3.45. The second-order valence-electron chi connectivity index (χ2n) is 5.76. The normalized spacial score (nSPS) is 11.4. The number of phenols is 1. The lowest BCUT2D eigenvalue weighted by Gasteiger charge is -2.31. The van der Waals surface area contributed by atoms with Gasteiger partial charge in [-0.1, -0.05) is 32.4 Å². The van der Waals surface area contributed by atoms with E-state index in [0.717, 1.165) is 6.42 Å². The van der Waals surface area contributed by atoms with Gasteiger partial charge in [-0.25, -0.2) is 0 Å². The molecule has 1 aromatic carbocycles. The lowest BCUT2D eigenvalue weighted by atomic mass is 9.92. The largest absolute Gasteiger partial charge is 0.506 e. The second kappa shape index (κ2) is 6.95. The van der Waals surface area contributed by atoms with Crippen LogP contribution in [0.1, 0.15) is 37.6 Å². The van der Waals surface area contributed by atoms with Gasteiger partial charge in [0.25, 0.3) is 5.91 Å². The number of nitrogens with two attached hydrogens (primary N) is 1. The number of halogens is 1. The molecule has 1 amide bonds. The Morgan fingerprint density at radius 2 is 2.10 bits per heavy atom. The molecule has 1 rings (SSSR count). The van der Waals surface area contributed by atoms with Gasteiger partial charge in [-0.05, 0) is 36.6 Å². The molecule has 0 spiro atoms. The third-order valence-electron chi connectivity index (χ3n) is 3.15. The van der Waals surface area contributed by atoms with Crippen LogP contribution in [0.25, 0.3) is 0 Å². The van der Waals surface area contributed by atoms with Crippen LogP contribution in [0.4, 0.5) is 0 Å². The zero-order chi connectivity index (χ0) is 15.3. The summed E-state index contributed by atoms with van der Waals surface area (Å²) < 4.78 is 0. The molecule has 0 bridgehead atoms. The standard InChI is InChI=1S/C15H23ClN2O2/c1-4-7-18(10-15(2,3)9-17)14(20)11-5-6-13(19)12(16)8-11/h5-6,8,19H,4,7,9-10,17H2,1-3H3. The number of amides is 1. The highest BCUT2D eigenvalue weighted by Gasteiger charge is 2.24. The highest BCUT2D eigenvalue weighted by atomic mass is 35.5. The van der Waals surface area contributed by atoms with Crippen molar-refractivity contribution in [2.45, 2.75) is 27.2 Å². The van der Waals surface area contributed by atoms with Crippen LogP contribution in [0.3, 0.4) is 0 Å². The number of nitrogens with zero attached hydrogens (tertiary/aromatic N) is 1. The van der Waals surface area contributed by atoms with E-state index < -0.39 is 0 Å². The first kappa shape index (κ1) is 16.8. The molecule has 0 unspecified atom stereocenters. The van der Waals surface area contributed by atoms with Crippen LogP contribution in [-0.4, -0.2) is 35.5 Å². The van der Waals surface area contributed by atoms with Crippen LogP contribution < -0.4 is 5.73 Å². The van der Waals surface area contributed by atoms with Crippen LogP contribution >= 0.6 is 11.6 Å². The summed E-state index contributed by atoms with van der Waals surface area (Å²) in [5.41, 5.74) is 6.09. The van der Waals surface area contributed by atoms with Crippen molar-refractivity contribution in [3.63, 3.8) is 0 Å². The van der Waals surface area contributed by atoms with Crippen LogP contribution in [-0.2, 0) is 0 Å². The maximum absolute atomic E-state index is 12.5. The zero-order valence-electron chi connectivity index (χ0n) is 12.3. The molecule has 0 aliphatic carbocycles. The van der Waals surface area contributed by atoms with Crippen molar-refractivity contribution >= 4 is 17.5 Å². The molecule has 3 N–H and O–H groups in total. The number of benzene rings is 1. The van der Waals surface area contributed by atoms with Gasteiger partial charge in [-0.2, -0.15) is 0 Å². The van der Waals surface area contributed by atoms with Gasteiger partial charge < -0.3 is 15.7 Å². The SMILES string of the molecule is CCCN(CC(C)(C)CN)C(=O)c1ccc(O)c(Cl)c1. The Morgan fingerprint density at radius 1 is 1.45 bits per heavy atom. The van der Waals surface area contributed by atoms with Gasteiger partial charge in [0, 0.05) is 18.7 Å². The van der Waals surface area contributed by atoms with Crippen molar-refractivity contribution in [1.29, 1.82) is 0 Å². The predicted molar refractivity (Wildman–Crippen MR) is 82.1 cm³/mol. The Kier molecular flexibility index (Phi) is 5.84. The Labute approximate surface area is 125 Å². The molecule has 0 heterocycles. The summed E-state index contributed by atoms with van der Waals surface area (Å²) in [5, 5.41) is 9.60. The van der Waals surface area contributed by atoms with Crippen LogP contribution in [0.5, 0.6) is 5.75 Å². The highest BCUT2D eigenvalue weighted by Crippen LogP contribution is 2.25. The third kappa shape index (κ3) is 4.39. The van der Waals surface area contributed by atoms with Crippen molar-refractivity contribution in [2.75, 3.05) is 19.6 Å². The molecular formula is C15H23ClN2O2. The number of hydrogen-bond donors (Lipinski definition) is 2.